The number of aliphatic hydroxyl groups excluding tert-OH is 2. The Balaban J connectivity index is 0.000000184. The van der Waals surface area contributed by atoms with Gasteiger partial charge in [0.25, 0.3) is 0 Å². The molecule has 8 nitrogen and oxygen atoms in total. The number of rotatable bonds is 9. The van der Waals surface area contributed by atoms with Gasteiger partial charge in [-0.1, -0.05) is 32.9 Å². The van der Waals surface area contributed by atoms with Gasteiger partial charge in [0.05, 0.1) is 72.9 Å². The maximum Gasteiger partial charge on any atom is 0.101 e. The van der Waals surface area contributed by atoms with Gasteiger partial charge in [-0.15, -0.1) is 0 Å². The lowest BCUT2D eigenvalue weighted by Crippen LogP contribution is -2.54. The van der Waals surface area contributed by atoms with E-state index in [0.29, 0.717) is 12.0 Å². The van der Waals surface area contributed by atoms with E-state index in [1.165, 1.54) is 12.0 Å². The summed E-state index contributed by atoms with van der Waals surface area (Å²) < 4.78 is 34.9. The summed E-state index contributed by atoms with van der Waals surface area (Å²) in [6.45, 7) is 14.6. The van der Waals surface area contributed by atoms with Crippen LogP contribution in [0.5, 0.6) is 0 Å². The van der Waals surface area contributed by atoms with Crippen LogP contribution in [-0.2, 0) is 28.4 Å². The molecule has 2 saturated carbocycles. The molecule has 0 unspecified atom stereocenters. The van der Waals surface area contributed by atoms with E-state index in [4.69, 9.17) is 28.4 Å². The Hall–Kier alpha value is -0.580. The van der Waals surface area contributed by atoms with Crippen LogP contribution in [0.3, 0.4) is 0 Å². The van der Waals surface area contributed by atoms with E-state index in [9.17, 15) is 10.2 Å². The Morgan fingerprint density at radius 2 is 1.29 bits per heavy atom. The minimum absolute atomic E-state index is 0. The lowest BCUT2D eigenvalue weighted by molar-refractivity contribution is -0.116. The zero-order valence-corrected chi connectivity index (χ0v) is 26.0. The molecule has 0 radical (unpaired) electrons. The molecule has 0 aromatic carbocycles. The van der Waals surface area contributed by atoms with Gasteiger partial charge in [0.2, 0.25) is 0 Å². The van der Waals surface area contributed by atoms with Gasteiger partial charge in [0.1, 0.15) is 11.2 Å². The number of allylic oxidation sites excluding steroid dienone is 1. The molecule has 6 fully saturated rings. The van der Waals surface area contributed by atoms with Crippen molar-refractivity contribution in [1.82, 2.24) is 0 Å². The highest BCUT2D eigenvalue weighted by Crippen LogP contribution is 2.60. The highest BCUT2D eigenvalue weighted by molar-refractivity contribution is 5.21. The summed E-state index contributed by atoms with van der Waals surface area (Å²) in [7, 11) is 3.37. The average molecular weight is 583 g/mol. The predicted molar refractivity (Wildman–Crippen MR) is 158 cm³/mol. The molecule has 0 aromatic rings. The number of aliphatic hydroxyl groups is 2. The number of epoxide rings is 4. The molecular formula is C33H58O8. The van der Waals surface area contributed by atoms with Crippen molar-refractivity contribution in [3.8, 4) is 0 Å². The molecule has 238 valence electrons. The average Bonchev–Trinajstić information content (AvgIpc) is 3.76. The zero-order valence-electron chi connectivity index (χ0n) is 26.0. The molecule has 2 spiro atoms. The smallest absolute Gasteiger partial charge is 0.101 e. The highest BCUT2D eigenvalue weighted by Gasteiger charge is 2.73. The Morgan fingerprint density at radius 1 is 0.854 bits per heavy atom. The molecule has 6 rings (SSSR count). The lowest BCUT2D eigenvalue weighted by Gasteiger charge is -2.41. The van der Waals surface area contributed by atoms with Gasteiger partial charge in [0, 0.05) is 14.2 Å². The van der Waals surface area contributed by atoms with Crippen LogP contribution in [0.4, 0.5) is 0 Å². The van der Waals surface area contributed by atoms with Crippen LogP contribution in [0, 0.1) is 17.8 Å². The summed E-state index contributed by atoms with van der Waals surface area (Å²) in [6.07, 6.45) is 8.12. The number of hydrogen-bond acceptors (Lipinski definition) is 8. The molecule has 2 N–H and O–H groups in total. The van der Waals surface area contributed by atoms with E-state index < -0.39 is 12.2 Å². The summed E-state index contributed by atoms with van der Waals surface area (Å²) >= 11 is 0. The van der Waals surface area contributed by atoms with Crippen LogP contribution in [0.25, 0.3) is 0 Å². The molecule has 8 heteroatoms. The molecule has 0 amide bonds. The van der Waals surface area contributed by atoms with Gasteiger partial charge in [0.15, 0.2) is 0 Å². The molecule has 4 saturated heterocycles. The Morgan fingerprint density at radius 3 is 1.68 bits per heavy atom. The van der Waals surface area contributed by atoms with Crippen LogP contribution in [-0.4, -0.2) is 96.7 Å². The monoisotopic (exact) mass is 582 g/mol. The van der Waals surface area contributed by atoms with Crippen LogP contribution in [0.15, 0.2) is 11.6 Å². The van der Waals surface area contributed by atoms with Crippen molar-refractivity contribution in [2.75, 3.05) is 27.4 Å². The van der Waals surface area contributed by atoms with Crippen LogP contribution in [0.2, 0.25) is 0 Å². The fourth-order valence-corrected chi connectivity index (χ4v) is 8.13. The second kappa shape index (κ2) is 12.1. The van der Waals surface area contributed by atoms with Crippen molar-refractivity contribution in [3.63, 3.8) is 0 Å². The molecule has 4 aliphatic heterocycles. The first-order valence-corrected chi connectivity index (χ1v) is 15.5. The topological polar surface area (TPSA) is 109 Å². The first-order chi connectivity index (χ1) is 18.9. The predicted octanol–water partition coefficient (Wildman–Crippen LogP) is 4.83. The maximum atomic E-state index is 10.3. The van der Waals surface area contributed by atoms with E-state index in [2.05, 4.69) is 47.6 Å². The lowest BCUT2D eigenvalue weighted by atomic mass is 9.68. The van der Waals surface area contributed by atoms with Crippen molar-refractivity contribution < 1.29 is 38.6 Å². The van der Waals surface area contributed by atoms with Crippen molar-refractivity contribution >= 4 is 0 Å². The van der Waals surface area contributed by atoms with Crippen LogP contribution in [0.1, 0.15) is 93.9 Å². The SMILES string of the molecule is C.CO[C@@H]1[C@H](O)CC[C@]2(CO2)[C@H]1[C@@]1(C)O[C@@H]1CC=C(C)C.CO[C@@H]1[C@H](O)CC[C@]2(CO2)[C@H]1[C@@]1(C)O[C@@H]1CCC(C)C. The fourth-order valence-electron chi connectivity index (χ4n) is 8.13. The highest BCUT2D eigenvalue weighted by atomic mass is 16.6. The van der Waals surface area contributed by atoms with Crippen LogP contribution < -0.4 is 0 Å². The van der Waals surface area contributed by atoms with Gasteiger partial charge in [-0.25, -0.2) is 0 Å². The van der Waals surface area contributed by atoms with Crippen LogP contribution >= 0.6 is 0 Å². The van der Waals surface area contributed by atoms with E-state index in [1.54, 1.807) is 14.2 Å². The van der Waals surface area contributed by atoms with E-state index in [0.717, 1.165) is 51.7 Å². The Labute approximate surface area is 248 Å². The Kier molecular flexibility index (Phi) is 9.81. The fraction of sp³-hybridized carbons (Fsp3) is 0.939. The molecule has 4 heterocycles. The van der Waals surface area contributed by atoms with E-state index in [-0.39, 0.29) is 60.0 Å². The number of hydrogen-bond donors (Lipinski definition) is 2. The van der Waals surface area contributed by atoms with Gasteiger partial charge in [-0.05, 0) is 78.6 Å². The molecular weight excluding hydrogens is 524 g/mol. The molecule has 41 heavy (non-hydrogen) atoms. The minimum Gasteiger partial charge on any atom is -0.390 e. The summed E-state index contributed by atoms with van der Waals surface area (Å²) in [5, 5.41) is 20.5. The van der Waals surface area contributed by atoms with Crippen molar-refractivity contribution in [2.45, 2.75) is 153 Å². The second-order valence-electron chi connectivity index (χ2n) is 14.3. The summed E-state index contributed by atoms with van der Waals surface area (Å²) in [5.74, 6) is 0.977. The third-order valence-corrected chi connectivity index (χ3v) is 10.8. The molecule has 0 bridgehead atoms. The normalized spacial score (nSPS) is 49.1. The second-order valence-corrected chi connectivity index (χ2v) is 14.3. The minimum atomic E-state index is -0.412. The number of ether oxygens (including phenoxy) is 6. The van der Waals surface area contributed by atoms with Gasteiger partial charge < -0.3 is 38.6 Å². The summed E-state index contributed by atoms with van der Waals surface area (Å²) in [4.78, 5) is 0. The third-order valence-electron chi connectivity index (χ3n) is 10.8. The summed E-state index contributed by atoms with van der Waals surface area (Å²) in [5.41, 5.74) is 0.681. The maximum absolute atomic E-state index is 10.3. The molecule has 0 aromatic heterocycles. The standard InChI is InChI=1S/C16H28O4.C16H26O4.CH4/c2*1-10(2)5-6-12-15(3,20-12)14-13(18-4)11(17)7-8-16(14)9-19-16;/h10-14,17H,5-9H2,1-4H3;5,11-14,17H,6-9H2,1-4H3;1H4/t2*11-,12-,13-,14-,15+,16+;/m11./s1. The van der Waals surface area contributed by atoms with Gasteiger partial charge in [-0.2, -0.15) is 0 Å². The Bertz CT molecular complexity index is 924. The van der Waals surface area contributed by atoms with Crippen molar-refractivity contribution in [1.29, 1.82) is 0 Å². The third kappa shape index (κ3) is 6.32. The van der Waals surface area contributed by atoms with Crippen molar-refractivity contribution in [2.24, 2.45) is 17.8 Å². The molecule has 6 aliphatic rings. The first kappa shape index (κ1) is 33.3. The van der Waals surface area contributed by atoms with Crippen molar-refractivity contribution in [3.05, 3.63) is 11.6 Å². The van der Waals surface area contributed by atoms with Gasteiger partial charge >= 0.3 is 0 Å². The first-order valence-electron chi connectivity index (χ1n) is 15.5. The van der Waals surface area contributed by atoms with Gasteiger partial charge in [-0.3, -0.25) is 0 Å². The van der Waals surface area contributed by atoms with E-state index in [1.807, 2.05) is 0 Å². The summed E-state index contributed by atoms with van der Waals surface area (Å²) in [6, 6.07) is 0. The number of methoxy groups -OCH3 is 2. The zero-order chi connectivity index (χ0) is 29.1. The van der Waals surface area contributed by atoms with E-state index >= 15 is 0 Å². The largest absolute Gasteiger partial charge is 0.390 e. The molecule has 2 aliphatic carbocycles. The molecule has 12 atom stereocenters. The quantitative estimate of drug-likeness (QED) is 0.294.